The highest BCUT2D eigenvalue weighted by Crippen LogP contribution is 2.16. The zero-order valence-electron chi connectivity index (χ0n) is 53.2. The van der Waals surface area contributed by atoms with Crippen LogP contribution in [0, 0.1) is 0 Å². The highest BCUT2D eigenvalue weighted by atomic mass is 16.6. The van der Waals surface area contributed by atoms with Crippen molar-refractivity contribution in [3.05, 3.63) is 146 Å². The maximum Gasteiger partial charge on any atom is 0.306 e. The van der Waals surface area contributed by atoms with Gasteiger partial charge in [0, 0.05) is 19.3 Å². The molecule has 0 heterocycles. The van der Waals surface area contributed by atoms with Crippen molar-refractivity contribution in [1.82, 2.24) is 0 Å². The Balaban J connectivity index is 4.36. The minimum Gasteiger partial charge on any atom is -0.462 e. The summed E-state index contributed by atoms with van der Waals surface area (Å²) in [4.78, 5) is 38.4. The van der Waals surface area contributed by atoms with E-state index in [1.54, 1.807) is 0 Å². The molecule has 0 spiro atoms. The quantitative estimate of drug-likeness (QED) is 0.0261. The fourth-order valence-corrected chi connectivity index (χ4v) is 9.10. The lowest BCUT2D eigenvalue weighted by atomic mass is 10.0. The highest BCUT2D eigenvalue weighted by molar-refractivity contribution is 5.71. The van der Waals surface area contributed by atoms with E-state index in [4.69, 9.17) is 14.2 Å². The van der Waals surface area contributed by atoms with Crippen LogP contribution in [-0.2, 0) is 28.6 Å². The van der Waals surface area contributed by atoms with E-state index in [0.717, 1.165) is 173 Å². The molecular weight excluding hydrogens is 1010 g/mol. The van der Waals surface area contributed by atoms with E-state index in [0.29, 0.717) is 19.3 Å². The molecule has 0 rings (SSSR count). The molecule has 0 aromatic rings. The lowest BCUT2D eigenvalue weighted by Crippen LogP contribution is -2.30. The van der Waals surface area contributed by atoms with Crippen molar-refractivity contribution >= 4 is 17.9 Å². The molecule has 0 N–H and O–H groups in total. The van der Waals surface area contributed by atoms with Crippen LogP contribution >= 0.6 is 0 Å². The van der Waals surface area contributed by atoms with Crippen LogP contribution in [0.15, 0.2) is 146 Å². The van der Waals surface area contributed by atoms with Crippen LogP contribution in [0.25, 0.3) is 0 Å². The molecule has 0 aromatic carbocycles. The molecule has 0 radical (unpaired) electrons. The van der Waals surface area contributed by atoms with Gasteiger partial charge in [0.1, 0.15) is 13.2 Å². The van der Waals surface area contributed by atoms with Gasteiger partial charge >= 0.3 is 17.9 Å². The number of carbonyl (C=O) groups is 3. The Bertz CT molecular complexity index is 1780. The molecule has 0 aliphatic heterocycles. The van der Waals surface area contributed by atoms with Gasteiger partial charge in [-0.25, -0.2) is 0 Å². The Labute approximate surface area is 506 Å². The Morgan fingerprint density at radius 3 is 0.744 bits per heavy atom. The largest absolute Gasteiger partial charge is 0.462 e. The fraction of sp³-hybridized carbons (Fsp3) is 0.645. The fourth-order valence-electron chi connectivity index (χ4n) is 9.10. The lowest BCUT2D eigenvalue weighted by Gasteiger charge is -2.18. The zero-order chi connectivity index (χ0) is 59.2. The van der Waals surface area contributed by atoms with Crippen LogP contribution in [0.1, 0.15) is 297 Å². The van der Waals surface area contributed by atoms with Gasteiger partial charge in [-0.05, 0) is 122 Å². The van der Waals surface area contributed by atoms with Crippen molar-refractivity contribution in [3.63, 3.8) is 0 Å². The Morgan fingerprint density at radius 1 is 0.256 bits per heavy atom. The number of allylic oxidation sites excluding steroid dienone is 24. The highest BCUT2D eigenvalue weighted by Gasteiger charge is 2.19. The van der Waals surface area contributed by atoms with E-state index in [2.05, 4.69) is 167 Å². The van der Waals surface area contributed by atoms with Crippen molar-refractivity contribution in [2.24, 2.45) is 0 Å². The molecule has 82 heavy (non-hydrogen) atoms. The first kappa shape index (κ1) is 77.3. The third kappa shape index (κ3) is 66.1. The molecular formula is C76H124O6. The molecule has 0 aliphatic carbocycles. The zero-order valence-corrected chi connectivity index (χ0v) is 53.2. The van der Waals surface area contributed by atoms with Crippen molar-refractivity contribution < 1.29 is 28.6 Å². The summed E-state index contributed by atoms with van der Waals surface area (Å²) in [6.07, 6.45) is 98.6. The van der Waals surface area contributed by atoms with Crippen LogP contribution < -0.4 is 0 Å². The van der Waals surface area contributed by atoms with Gasteiger partial charge < -0.3 is 14.2 Å². The van der Waals surface area contributed by atoms with E-state index in [-0.39, 0.29) is 31.1 Å². The van der Waals surface area contributed by atoms with Gasteiger partial charge in [0.15, 0.2) is 6.10 Å². The third-order valence-electron chi connectivity index (χ3n) is 14.1. The van der Waals surface area contributed by atoms with Crippen LogP contribution in [-0.4, -0.2) is 37.2 Å². The monoisotopic (exact) mass is 1130 g/mol. The van der Waals surface area contributed by atoms with Crippen molar-refractivity contribution in [2.45, 2.75) is 303 Å². The molecule has 1 unspecified atom stereocenters. The molecule has 1 atom stereocenters. The maximum atomic E-state index is 12.9. The number of hydrogen-bond acceptors (Lipinski definition) is 6. The normalized spacial score (nSPS) is 13.1. The number of carbonyl (C=O) groups excluding carboxylic acids is 3. The van der Waals surface area contributed by atoms with Gasteiger partial charge in [-0.15, -0.1) is 0 Å². The smallest absolute Gasteiger partial charge is 0.306 e. The average Bonchev–Trinajstić information content (AvgIpc) is 3.47. The molecule has 0 aromatic heterocycles. The molecule has 0 saturated carbocycles. The van der Waals surface area contributed by atoms with Crippen LogP contribution in [0.5, 0.6) is 0 Å². The number of unbranched alkanes of at least 4 members (excludes halogenated alkanes) is 25. The van der Waals surface area contributed by atoms with Gasteiger partial charge in [-0.3, -0.25) is 14.4 Å². The summed E-state index contributed by atoms with van der Waals surface area (Å²) in [6.45, 7) is 6.40. The summed E-state index contributed by atoms with van der Waals surface area (Å²) in [6, 6.07) is 0. The van der Waals surface area contributed by atoms with Gasteiger partial charge in [0.05, 0.1) is 0 Å². The summed E-state index contributed by atoms with van der Waals surface area (Å²) in [5.41, 5.74) is 0. The summed E-state index contributed by atoms with van der Waals surface area (Å²) in [5, 5.41) is 0. The van der Waals surface area contributed by atoms with Crippen molar-refractivity contribution in [3.8, 4) is 0 Å². The van der Waals surface area contributed by atoms with E-state index >= 15 is 0 Å². The second-order valence-electron chi connectivity index (χ2n) is 22.0. The molecule has 0 aliphatic rings. The number of hydrogen-bond donors (Lipinski definition) is 0. The van der Waals surface area contributed by atoms with Gasteiger partial charge in [-0.2, -0.15) is 0 Å². The first-order chi connectivity index (χ1) is 40.5. The van der Waals surface area contributed by atoms with E-state index in [1.807, 2.05) is 0 Å². The standard InChI is InChI=1S/C76H124O6/c1-4-7-10-13-16-19-22-25-28-30-31-32-33-34-35-36-37-38-39-40-41-42-43-44-45-46-49-51-54-57-60-63-66-69-75(78)81-72-73(71-80-74(77)68-65-62-59-56-53-50-47-27-24-21-18-15-12-9-6-3)82-76(79)70-67-64-61-58-55-52-48-29-26-23-20-17-14-11-8-5-2/h7,9-10,12,16,18-19,21,25,27-28,31-32,34-35,37-38,40-41,43-44,46-47,49,73H,4-6,8,11,13-15,17,20,22-24,26,29-30,33,36,39,42,45,48,50-72H2,1-3H3/b10-7-,12-9-,19-16-,21-18-,28-25-,32-31-,35-34-,38-37-,41-40-,44-43-,47-27-,49-46-. The predicted molar refractivity (Wildman–Crippen MR) is 357 cm³/mol. The third-order valence-corrected chi connectivity index (χ3v) is 14.1. The first-order valence-corrected chi connectivity index (χ1v) is 33.8. The molecule has 6 heteroatoms. The Kier molecular flexibility index (Phi) is 64.8. The van der Waals surface area contributed by atoms with Crippen LogP contribution in [0.4, 0.5) is 0 Å². The summed E-state index contributed by atoms with van der Waals surface area (Å²) >= 11 is 0. The number of rotatable bonds is 60. The summed E-state index contributed by atoms with van der Waals surface area (Å²) in [5.74, 6) is -0.924. The number of ether oxygens (including phenoxy) is 3. The maximum absolute atomic E-state index is 12.9. The Morgan fingerprint density at radius 2 is 0.476 bits per heavy atom. The first-order valence-electron chi connectivity index (χ1n) is 33.8. The molecule has 6 nitrogen and oxygen atoms in total. The van der Waals surface area contributed by atoms with Crippen LogP contribution in [0.2, 0.25) is 0 Å². The minimum absolute atomic E-state index is 0.0951. The molecule has 0 bridgehead atoms. The lowest BCUT2D eigenvalue weighted by molar-refractivity contribution is -0.167. The second-order valence-corrected chi connectivity index (χ2v) is 22.0. The van der Waals surface area contributed by atoms with Gasteiger partial charge in [0.2, 0.25) is 0 Å². The molecule has 0 saturated heterocycles. The Hall–Kier alpha value is -4.71. The van der Waals surface area contributed by atoms with E-state index in [1.165, 1.54) is 83.5 Å². The topological polar surface area (TPSA) is 78.9 Å². The van der Waals surface area contributed by atoms with Crippen molar-refractivity contribution in [1.29, 1.82) is 0 Å². The number of esters is 3. The minimum atomic E-state index is -0.798. The van der Waals surface area contributed by atoms with E-state index < -0.39 is 6.10 Å². The summed E-state index contributed by atoms with van der Waals surface area (Å²) in [7, 11) is 0. The average molecular weight is 1130 g/mol. The van der Waals surface area contributed by atoms with Crippen LogP contribution in [0.3, 0.4) is 0 Å². The molecule has 0 fully saturated rings. The van der Waals surface area contributed by atoms with Crippen molar-refractivity contribution in [2.75, 3.05) is 13.2 Å². The second kappa shape index (κ2) is 68.8. The molecule has 464 valence electrons. The molecule has 0 amide bonds. The summed E-state index contributed by atoms with van der Waals surface area (Å²) < 4.78 is 16.9. The van der Waals surface area contributed by atoms with Gasteiger partial charge in [-0.1, -0.05) is 301 Å². The van der Waals surface area contributed by atoms with Gasteiger partial charge in [0.25, 0.3) is 0 Å². The SMILES string of the molecule is CC/C=C\C/C=C\C/C=C\C/C=C\C/C=C\C/C=C\C/C=C\C/C=C\C/C=C\CCCCCCCC(=O)OCC(COC(=O)CCCCCCC/C=C\C/C=C\C/C=C\CC)OC(=O)CCCCCCCCCCCCCCCCCC. The van der Waals surface area contributed by atoms with E-state index in [9.17, 15) is 14.4 Å². The predicted octanol–water partition coefficient (Wildman–Crippen LogP) is 23.5.